The average Bonchev–Trinajstić information content (AvgIpc) is 3.17. The number of rotatable bonds is 5. The van der Waals surface area contributed by atoms with Gasteiger partial charge in [0.2, 0.25) is 5.91 Å². The van der Waals surface area contributed by atoms with Crippen LogP contribution in [0.5, 0.6) is 0 Å². The maximum atomic E-state index is 12.2. The van der Waals surface area contributed by atoms with Crippen molar-refractivity contribution in [2.75, 3.05) is 6.54 Å². The van der Waals surface area contributed by atoms with Crippen LogP contribution < -0.4 is 5.32 Å². The first-order chi connectivity index (χ1) is 8.95. The Morgan fingerprint density at radius 2 is 1.95 bits per heavy atom. The zero-order chi connectivity index (χ0) is 14.0. The largest absolute Gasteiger partial charge is 0.385 e. The summed E-state index contributed by atoms with van der Waals surface area (Å²) in [5.74, 6) is -0.297. The molecule has 2 N–H and O–H groups in total. The number of benzene rings is 1. The highest BCUT2D eigenvalue weighted by atomic mass is 79.9. The number of hydrogen-bond donors (Lipinski definition) is 2. The van der Waals surface area contributed by atoms with Gasteiger partial charge < -0.3 is 10.4 Å². The van der Waals surface area contributed by atoms with Crippen LogP contribution in [0.15, 0.2) is 28.7 Å². The van der Waals surface area contributed by atoms with E-state index >= 15 is 0 Å². The normalized spacial score (nSPS) is 18.2. The van der Waals surface area contributed by atoms with Crippen molar-refractivity contribution < 1.29 is 18.7 Å². The van der Waals surface area contributed by atoms with Crippen LogP contribution in [0.3, 0.4) is 0 Å². The van der Waals surface area contributed by atoms with Gasteiger partial charge in [0.1, 0.15) is 6.10 Å². The predicted molar refractivity (Wildman–Crippen MR) is 70.1 cm³/mol. The highest BCUT2D eigenvalue weighted by Gasteiger charge is 2.51. The first-order valence-electron chi connectivity index (χ1n) is 5.96. The van der Waals surface area contributed by atoms with E-state index in [1.165, 1.54) is 0 Å². The van der Waals surface area contributed by atoms with E-state index in [9.17, 15) is 13.6 Å². The van der Waals surface area contributed by atoms with Gasteiger partial charge in [0.25, 0.3) is 6.43 Å². The lowest BCUT2D eigenvalue weighted by Gasteiger charge is -2.17. The second kappa shape index (κ2) is 5.54. The van der Waals surface area contributed by atoms with E-state index in [0.29, 0.717) is 12.8 Å². The Balaban J connectivity index is 2.00. The Morgan fingerprint density at radius 3 is 2.42 bits per heavy atom. The summed E-state index contributed by atoms with van der Waals surface area (Å²) in [5.41, 5.74) is 0.266. The Hall–Kier alpha value is -1.01. The lowest BCUT2D eigenvalue weighted by molar-refractivity contribution is -0.124. The molecule has 0 spiro atoms. The lowest BCUT2D eigenvalue weighted by Crippen LogP contribution is -2.41. The summed E-state index contributed by atoms with van der Waals surface area (Å²) in [7, 11) is 0. The third kappa shape index (κ3) is 3.12. The molecule has 0 aromatic heterocycles. The van der Waals surface area contributed by atoms with Crippen molar-refractivity contribution in [3.8, 4) is 0 Å². The molecule has 1 unspecified atom stereocenters. The molecule has 19 heavy (non-hydrogen) atoms. The molecule has 0 heterocycles. The summed E-state index contributed by atoms with van der Waals surface area (Å²) in [6, 6.07) is 7.38. The van der Waals surface area contributed by atoms with E-state index in [0.717, 1.165) is 10.0 Å². The van der Waals surface area contributed by atoms with Gasteiger partial charge in [-0.15, -0.1) is 0 Å². The van der Waals surface area contributed by atoms with Gasteiger partial charge in [-0.1, -0.05) is 28.1 Å². The Morgan fingerprint density at radius 1 is 1.37 bits per heavy atom. The van der Waals surface area contributed by atoms with Crippen LogP contribution in [0, 0.1) is 0 Å². The van der Waals surface area contributed by atoms with Crippen LogP contribution in [0.4, 0.5) is 8.78 Å². The second-order valence-corrected chi connectivity index (χ2v) is 5.62. The minimum absolute atomic E-state index is 0.297. The molecular formula is C13H14BrF2NO2. The fourth-order valence-corrected chi connectivity index (χ4v) is 2.26. The molecule has 1 aliphatic rings. The molecule has 1 aromatic rings. The van der Waals surface area contributed by atoms with Crippen molar-refractivity contribution in [2.45, 2.75) is 30.8 Å². The maximum Gasteiger partial charge on any atom is 0.265 e. The third-order valence-electron chi connectivity index (χ3n) is 3.34. The smallest absolute Gasteiger partial charge is 0.265 e. The third-order valence-corrected chi connectivity index (χ3v) is 3.87. The molecule has 3 nitrogen and oxygen atoms in total. The van der Waals surface area contributed by atoms with Crippen molar-refractivity contribution in [3.63, 3.8) is 0 Å². The van der Waals surface area contributed by atoms with E-state index in [1.54, 1.807) is 0 Å². The van der Waals surface area contributed by atoms with E-state index < -0.39 is 24.5 Å². The lowest BCUT2D eigenvalue weighted by atomic mass is 9.95. The molecule has 6 heteroatoms. The maximum absolute atomic E-state index is 12.2. The number of halogens is 3. The molecule has 1 atom stereocenters. The van der Waals surface area contributed by atoms with Crippen LogP contribution in [0.25, 0.3) is 0 Å². The van der Waals surface area contributed by atoms with Gasteiger partial charge in [0.05, 0.1) is 5.41 Å². The number of carbonyl (C=O) groups is 1. The zero-order valence-corrected chi connectivity index (χ0v) is 11.7. The summed E-state index contributed by atoms with van der Waals surface area (Å²) >= 11 is 3.32. The van der Waals surface area contributed by atoms with Crippen molar-refractivity contribution in [2.24, 2.45) is 0 Å². The van der Waals surface area contributed by atoms with Gasteiger partial charge in [0, 0.05) is 11.0 Å². The predicted octanol–water partition coefficient (Wildman–Crippen LogP) is 2.22. The van der Waals surface area contributed by atoms with E-state index in [4.69, 9.17) is 5.11 Å². The molecular weight excluding hydrogens is 320 g/mol. The van der Waals surface area contributed by atoms with Crippen LogP contribution in [0.2, 0.25) is 0 Å². The number of aliphatic hydroxyl groups excluding tert-OH is 1. The number of nitrogens with one attached hydrogen (secondary N) is 1. The first kappa shape index (κ1) is 14.4. The number of hydrogen-bond acceptors (Lipinski definition) is 2. The first-order valence-corrected chi connectivity index (χ1v) is 6.75. The second-order valence-electron chi connectivity index (χ2n) is 4.70. The standard InChI is InChI=1S/C13H14BrF2NO2/c14-9-3-1-8(2-4-9)13(5-6-13)12(19)17-7-10(18)11(15)16/h1-4,10-11,18H,5-7H2,(H,17,19). The fourth-order valence-electron chi connectivity index (χ4n) is 2.00. The van der Waals surface area contributed by atoms with Gasteiger partial charge in [0.15, 0.2) is 0 Å². The van der Waals surface area contributed by atoms with Crippen LogP contribution >= 0.6 is 15.9 Å². The number of amides is 1. The van der Waals surface area contributed by atoms with Gasteiger partial charge in [-0.25, -0.2) is 8.78 Å². The molecule has 104 valence electrons. The molecule has 1 amide bonds. The van der Waals surface area contributed by atoms with Crippen molar-refractivity contribution in [1.82, 2.24) is 5.32 Å². The van der Waals surface area contributed by atoms with Crippen LogP contribution in [0.1, 0.15) is 18.4 Å². The van der Waals surface area contributed by atoms with Gasteiger partial charge >= 0.3 is 0 Å². The van der Waals surface area contributed by atoms with Crippen LogP contribution in [-0.4, -0.2) is 30.1 Å². The SMILES string of the molecule is O=C(NCC(O)C(F)F)C1(c2ccc(Br)cc2)CC1. The highest BCUT2D eigenvalue weighted by Crippen LogP contribution is 2.48. The summed E-state index contributed by atoms with van der Waals surface area (Å²) in [6.07, 6.45) is -3.26. The number of aliphatic hydroxyl groups is 1. The van der Waals surface area contributed by atoms with E-state index in [2.05, 4.69) is 21.2 Å². The van der Waals surface area contributed by atoms with Gasteiger partial charge in [-0.05, 0) is 30.5 Å². The van der Waals surface area contributed by atoms with E-state index in [1.807, 2.05) is 24.3 Å². The van der Waals surface area contributed by atoms with Gasteiger partial charge in [-0.2, -0.15) is 0 Å². The molecule has 1 aromatic carbocycles. The van der Waals surface area contributed by atoms with Crippen LogP contribution in [-0.2, 0) is 10.2 Å². The Kier molecular flexibility index (Phi) is 4.20. The Labute approximate surface area is 118 Å². The molecule has 0 radical (unpaired) electrons. The molecule has 0 saturated heterocycles. The van der Waals surface area contributed by atoms with Crippen molar-refractivity contribution in [1.29, 1.82) is 0 Å². The molecule has 2 rings (SSSR count). The summed E-state index contributed by atoms with van der Waals surface area (Å²) in [5, 5.41) is 11.4. The summed E-state index contributed by atoms with van der Waals surface area (Å²) in [6.45, 7) is -0.422. The fraction of sp³-hybridized carbons (Fsp3) is 0.462. The molecule has 1 fully saturated rings. The summed E-state index contributed by atoms with van der Waals surface area (Å²) < 4.78 is 25.2. The molecule has 0 bridgehead atoms. The minimum Gasteiger partial charge on any atom is -0.385 e. The van der Waals surface area contributed by atoms with Crippen molar-refractivity contribution >= 4 is 21.8 Å². The monoisotopic (exact) mass is 333 g/mol. The zero-order valence-electron chi connectivity index (χ0n) is 10.1. The Bertz CT molecular complexity index is 460. The van der Waals surface area contributed by atoms with Gasteiger partial charge in [-0.3, -0.25) is 4.79 Å². The van der Waals surface area contributed by atoms with E-state index in [-0.39, 0.29) is 5.91 Å². The average molecular weight is 334 g/mol. The van der Waals surface area contributed by atoms with Crippen molar-refractivity contribution in [3.05, 3.63) is 34.3 Å². The number of carbonyl (C=O) groups excluding carboxylic acids is 1. The minimum atomic E-state index is -2.84. The quantitative estimate of drug-likeness (QED) is 0.868. The molecule has 1 saturated carbocycles. The number of alkyl halides is 2. The highest BCUT2D eigenvalue weighted by molar-refractivity contribution is 9.10. The topological polar surface area (TPSA) is 49.3 Å². The summed E-state index contributed by atoms with van der Waals surface area (Å²) in [4.78, 5) is 12.1. The molecule has 1 aliphatic carbocycles. The molecule has 0 aliphatic heterocycles.